The minimum atomic E-state index is -1.89. The van der Waals surface area contributed by atoms with Gasteiger partial charge in [-0.2, -0.15) is 0 Å². The monoisotopic (exact) mass is 425 g/mol. The second-order valence-corrected chi connectivity index (χ2v) is 8.80. The van der Waals surface area contributed by atoms with E-state index in [-0.39, 0.29) is 12.1 Å². The van der Waals surface area contributed by atoms with Crippen LogP contribution in [0.1, 0.15) is 19.4 Å². The minimum Gasteiger partial charge on any atom is -0.481 e. The molecule has 33 heavy (non-hydrogen) atoms. The van der Waals surface area contributed by atoms with Gasteiger partial charge in [0.1, 0.15) is 5.58 Å². The fraction of sp³-hybridized carbons (Fsp3) is 0.273. The summed E-state index contributed by atoms with van der Waals surface area (Å²) in [7, 11) is 35.6. The molecule has 0 saturated carbocycles. The van der Waals surface area contributed by atoms with Gasteiger partial charge >= 0.3 is 11.6 Å². The topological polar surface area (TPSA) is 70.8 Å². The first-order valence-electron chi connectivity index (χ1n) is 10.0. The predicted molar refractivity (Wildman–Crippen MR) is 136 cm³/mol. The van der Waals surface area contributed by atoms with Gasteiger partial charge in [0.25, 0.3) is 0 Å². The number of carbonyl (C=O) groups is 1. The second kappa shape index (κ2) is 8.58. The van der Waals surface area contributed by atoms with Crippen molar-refractivity contribution in [3.05, 3.63) is 64.5 Å². The summed E-state index contributed by atoms with van der Waals surface area (Å²) in [5.41, 5.74) is 0.199. The molecule has 0 aliphatic carbocycles. The fourth-order valence-corrected chi connectivity index (χ4v) is 3.55. The highest BCUT2D eigenvalue weighted by atomic mass is 16.4. The van der Waals surface area contributed by atoms with E-state index in [1.165, 1.54) is 30.9 Å². The zero-order valence-electron chi connectivity index (χ0n) is 18.4. The van der Waals surface area contributed by atoms with Crippen molar-refractivity contribution in [3.63, 3.8) is 0 Å². The summed E-state index contributed by atoms with van der Waals surface area (Å²) < 4.78 is 5.42. The molecule has 0 atom stereocenters. The van der Waals surface area contributed by atoms with Crippen molar-refractivity contribution in [1.29, 1.82) is 0 Å². The van der Waals surface area contributed by atoms with E-state index >= 15 is 0 Å². The molecule has 1 N–H and O–H groups in total. The van der Waals surface area contributed by atoms with Crippen LogP contribution in [-0.2, 0) is 9.91 Å². The van der Waals surface area contributed by atoms with Crippen LogP contribution in [0.3, 0.4) is 0 Å². The van der Waals surface area contributed by atoms with Crippen LogP contribution in [-0.4, -0.2) is 69.9 Å². The maximum absolute atomic E-state index is 12.4. The summed E-state index contributed by atoms with van der Waals surface area (Å²) in [6, 6.07) is 13.1. The predicted octanol–water partition coefficient (Wildman–Crippen LogP) is 1.11. The molecule has 2 aromatic carbocycles. The lowest BCUT2D eigenvalue weighted by molar-refractivity contribution is -0.146. The molecule has 12 radical (unpaired) electrons. The van der Waals surface area contributed by atoms with Gasteiger partial charge in [-0.15, -0.1) is 5.11 Å². The maximum atomic E-state index is 12.4. The summed E-state index contributed by atoms with van der Waals surface area (Å²) in [6.07, 6.45) is 0. The molecule has 3 aromatic rings. The highest BCUT2D eigenvalue weighted by Gasteiger charge is 2.33. The van der Waals surface area contributed by atoms with Crippen molar-refractivity contribution >= 4 is 69.7 Å². The van der Waals surface area contributed by atoms with Gasteiger partial charge in [-0.25, -0.2) is 4.79 Å². The molecule has 152 valence electrons. The highest BCUT2D eigenvalue weighted by molar-refractivity contribution is 6.61. The Kier molecular flexibility index (Phi) is 6.49. The van der Waals surface area contributed by atoms with Crippen LogP contribution < -0.4 is 10.5 Å². The Morgan fingerprint density at radius 2 is 1.61 bits per heavy atom. The Hall–Kier alpha value is -2.69. The first-order valence-corrected chi connectivity index (χ1v) is 10.0. The summed E-state index contributed by atoms with van der Waals surface area (Å²) in [5, 5.41) is 6.56. The van der Waals surface area contributed by atoms with Gasteiger partial charge in [0, 0.05) is 35.3 Å². The van der Waals surface area contributed by atoms with Crippen molar-refractivity contribution in [2.24, 2.45) is 5.41 Å². The number of hydrogen-bond acceptors (Lipinski definition) is 4. The number of hydrogen-bond donors (Lipinski definition) is 1. The average Bonchev–Trinajstić information content (AvgIpc) is 2.69. The third-order valence-electron chi connectivity index (χ3n) is 5.32. The first-order chi connectivity index (χ1) is 15.1. The summed E-state index contributed by atoms with van der Waals surface area (Å²) in [6.45, 7) is 2.92. The van der Waals surface area contributed by atoms with Crippen molar-refractivity contribution in [2.75, 3.05) is 11.4 Å². The number of carboxylic acid groups (broad SMARTS) is 1. The van der Waals surface area contributed by atoms with E-state index in [1.807, 2.05) is 0 Å². The molecule has 3 rings (SSSR count). The molecule has 0 saturated heterocycles. The summed E-state index contributed by atoms with van der Waals surface area (Å²) in [5.74, 6) is -1.06. The third-order valence-corrected chi connectivity index (χ3v) is 5.32. The van der Waals surface area contributed by atoms with Gasteiger partial charge in [-0.1, -0.05) is 35.1 Å². The number of benzene rings is 2. The fourth-order valence-electron chi connectivity index (χ4n) is 3.55. The van der Waals surface area contributed by atoms with Gasteiger partial charge in [0.2, 0.25) is 0 Å². The van der Waals surface area contributed by atoms with Crippen molar-refractivity contribution < 1.29 is 14.3 Å². The normalized spacial score (nSPS) is 12.5. The van der Waals surface area contributed by atoms with Crippen molar-refractivity contribution in [1.82, 2.24) is 0 Å². The van der Waals surface area contributed by atoms with E-state index in [0.29, 0.717) is 27.8 Å². The summed E-state index contributed by atoms with van der Waals surface area (Å²) >= 11 is 0. The van der Waals surface area contributed by atoms with E-state index in [9.17, 15) is 14.7 Å². The van der Waals surface area contributed by atoms with Gasteiger partial charge in [0.15, 0.2) is 0 Å². The van der Waals surface area contributed by atoms with E-state index in [4.69, 9.17) is 51.5 Å². The molecular weight excluding hydrogens is 407 g/mol. The van der Waals surface area contributed by atoms with Gasteiger partial charge in [-0.3, -0.25) is 4.79 Å². The molecule has 11 heteroatoms. The van der Waals surface area contributed by atoms with Crippen molar-refractivity contribution in [3.8, 4) is 11.1 Å². The van der Waals surface area contributed by atoms with Crippen LogP contribution >= 0.6 is 0 Å². The standard InChI is InChI=1S/C22H17B6NO4/c1-20(2,19(31)32)11-29(22(26,27)28)12-7-8-14-15(10-18(30)33-17(14)9-12)13-5-3-4-6-16(13)21(23,24)25/h3-10H,11H2,1-2H3,(H,31,32). The molecule has 0 aliphatic heterocycles. The largest absolute Gasteiger partial charge is 0.481 e. The van der Waals surface area contributed by atoms with Gasteiger partial charge in [0.05, 0.1) is 52.5 Å². The lowest BCUT2D eigenvalue weighted by Gasteiger charge is -2.43. The van der Waals surface area contributed by atoms with E-state index in [2.05, 4.69) is 0 Å². The third kappa shape index (κ3) is 5.29. The lowest BCUT2D eigenvalue weighted by atomic mass is 9.39. The van der Waals surface area contributed by atoms with Crippen LogP contribution in [0.15, 0.2) is 57.7 Å². The Bertz CT molecular complexity index is 1260. The molecule has 0 fully saturated rings. The van der Waals surface area contributed by atoms with Gasteiger partial charge < -0.3 is 14.4 Å². The van der Waals surface area contributed by atoms with Crippen LogP contribution in [0.25, 0.3) is 22.1 Å². The number of anilines is 1. The zero-order chi connectivity index (χ0) is 24.8. The van der Waals surface area contributed by atoms with Crippen LogP contribution in [0.4, 0.5) is 5.69 Å². The Morgan fingerprint density at radius 3 is 2.18 bits per heavy atom. The Labute approximate surface area is 200 Å². The van der Waals surface area contributed by atoms with Crippen LogP contribution in [0, 0.1) is 5.41 Å². The van der Waals surface area contributed by atoms with E-state index in [0.717, 1.165) is 0 Å². The summed E-state index contributed by atoms with van der Waals surface area (Å²) in [4.78, 5) is 25.4. The number of carboxylic acids is 1. The smallest absolute Gasteiger partial charge is 0.336 e. The average molecular weight is 424 g/mol. The quantitative estimate of drug-likeness (QED) is 0.455. The molecule has 5 nitrogen and oxygen atoms in total. The van der Waals surface area contributed by atoms with E-state index < -0.39 is 27.4 Å². The SMILES string of the molecule is [B]C([B])([B])c1ccccc1-c1cc(=O)oc2cc(N(CC(C)(C)C(=O)O)C([B])([B])[B])ccc12. The zero-order valence-corrected chi connectivity index (χ0v) is 18.4. The minimum absolute atomic E-state index is 0.111. The number of fused-ring (bicyclic) bond motifs is 1. The molecule has 0 aliphatic rings. The number of aliphatic carboxylic acids is 1. The lowest BCUT2D eigenvalue weighted by Crippen LogP contribution is -2.55. The second-order valence-electron chi connectivity index (χ2n) is 8.80. The molecule has 0 spiro atoms. The molecular formula is C22H17B6NO4. The Morgan fingerprint density at radius 1 is 0.970 bits per heavy atom. The molecule has 0 bridgehead atoms. The molecule has 0 amide bonds. The highest BCUT2D eigenvalue weighted by Crippen LogP contribution is 2.35. The molecule has 1 aromatic heterocycles. The first kappa shape index (κ1) is 24.9. The maximum Gasteiger partial charge on any atom is 0.336 e. The van der Waals surface area contributed by atoms with Crippen LogP contribution in [0.5, 0.6) is 0 Å². The van der Waals surface area contributed by atoms with Crippen molar-refractivity contribution in [2.45, 2.75) is 24.2 Å². The van der Waals surface area contributed by atoms with E-state index in [1.54, 1.807) is 36.4 Å². The number of rotatable bonds is 7. The molecule has 0 unspecified atom stereocenters. The van der Waals surface area contributed by atoms with Gasteiger partial charge in [-0.05, 0) is 31.5 Å². The molecule has 1 heterocycles. The number of nitrogens with zero attached hydrogens (tertiary/aromatic N) is 1. The van der Waals surface area contributed by atoms with Crippen LogP contribution in [0.2, 0.25) is 0 Å². The Balaban J connectivity index is 2.22.